The van der Waals surface area contributed by atoms with E-state index in [0.717, 1.165) is 24.0 Å². The van der Waals surface area contributed by atoms with Gasteiger partial charge in [0.1, 0.15) is 0 Å². The van der Waals surface area contributed by atoms with Crippen LogP contribution in [-0.2, 0) is 20.0 Å². The van der Waals surface area contributed by atoms with Crippen LogP contribution in [0.2, 0.25) is 0 Å². The fourth-order valence-corrected chi connectivity index (χ4v) is 4.86. The van der Waals surface area contributed by atoms with Crippen LogP contribution in [0.4, 0.5) is 0 Å². The molecule has 0 spiro atoms. The maximum atomic E-state index is 11.9. The summed E-state index contributed by atoms with van der Waals surface area (Å²) in [5.74, 6) is 0.175. The lowest BCUT2D eigenvalue weighted by Crippen LogP contribution is -2.45. The molecule has 5 nitrogen and oxygen atoms in total. The second-order valence-corrected chi connectivity index (χ2v) is 9.06. The van der Waals surface area contributed by atoms with Gasteiger partial charge in [0, 0.05) is 19.5 Å². The molecule has 0 saturated carbocycles. The second kappa shape index (κ2) is 7.82. The summed E-state index contributed by atoms with van der Waals surface area (Å²) in [6, 6.07) is 16.9. The van der Waals surface area contributed by atoms with Crippen molar-refractivity contribution in [1.29, 1.82) is 0 Å². The highest BCUT2D eigenvalue weighted by atomic mass is 32.2. The van der Waals surface area contributed by atoms with Crippen LogP contribution >= 0.6 is 0 Å². The minimum Gasteiger partial charge on any atom is -0.411 e. The molecule has 1 N–H and O–H groups in total. The molecule has 1 saturated heterocycles. The quantitative estimate of drug-likeness (QED) is 0.483. The molecule has 144 valence electrons. The zero-order valence-corrected chi connectivity index (χ0v) is 16.4. The minimum absolute atomic E-state index is 0.175. The molecule has 1 fully saturated rings. The first-order chi connectivity index (χ1) is 12.9. The van der Waals surface area contributed by atoms with Crippen molar-refractivity contribution in [2.75, 3.05) is 19.5 Å². The number of hydrogen-bond donors (Lipinski definition) is 1. The predicted octanol–water partition coefficient (Wildman–Crippen LogP) is 3.65. The Labute approximate surface area is 160 Å². The molecule has 1 unspecified atom stereocenters. The SMILES string of the molecule is C/C(=N/O)C(c1ccccc1)(c1ccc(S(C)(=O)=O)cc1)C1CCOCC1. The predicted molar refractivity (Wildman–Crippen MR) is 105 cm³/mol. The van der Waals surface area contributed by atoms with Gasteiger partial charge in [0.05, 0.1) is 16.0 Å². The molecule has 6 heteroatoms. The lowest BCUT2D eigenvalue weighted by Gasteiger charge is -2.43. The standard InChI is InChI=1S/C21H25NO4S/c1-16(22-23)21(17-6-4-3-5-7-17,19-12-14-26-15-13-19)18-8-10-20(11-9-18)27(2,24)25/h3-11,19,23H,12-15H2,1-2H3/b22-16-. The van der Waals surface area contributed by atoms with E-state index in [0.29, 0.717) is 18.9 Å². The highest BCUT2D eigenvalue weighted by molar-refractivity contribution is 7.90. The Bertz CT molecular complexity index is 901. The number of rotatable bonds is 5. The Balaban J connectivity index is 2.25. The van der Waals surface area contributed by atoms with Crippen molar-refractivity contribution in [1.82, 2.24) is 0 Å². The topological polar surface area (TPSA) is 76.0 Å². The molecule has 0 aliphatic carbocycles. The van der Waals surface area contributed by atoms with Crippen LogP contribution in [0.25, 0.3) is 0 Å². The van der Waals surface area contributed by atoms with Crippen LogP contribution in [0.5, 0.6) is 0 Å². The molecular formula is C21H25NO4S. The van der Waals surface area contributed by atoms with Crippen molar-refractivity contribution in [3.8, 4) is 0 Å². The van der Waals surface area contributed by atoms with Crippen LogP contribution in [0.1, 0.15) is 30.9 Å². The van der Waals surface area contributed by atoms with Gasteiger partial charge in [0.25, 0.3) is 0 Å². The van der Waals surface area contributed by atoms with Crippen molar-refractivity contribution in [2.24, 2.45) is 11.1 Å². The molecule has 0 radical (unpaired) electrons. The number of oxime groups is 1. The highest BCUT2D eigenvalue weighted by Gasteiger charge is 2.45. The van der Waals surface area contributed by atoms with E-state index in [-0.39, 0.29) is 10.8 Å². The normalized spacial score (nSPS) is 18.8. The smallest absolute Gasteiger partial charge is 0.175 e. The molecule has 1 atom stereocenters. The Morgan fingerprint density at radius 1 is 1.04 bits per heavy atom. The zero-order chi connectivity index (χ0) is 19.5. The van der Waals surface area contributed by atoms with Crippen molar-refractivity contribution < 1.29 is 18.4 Å². The van der Waals surface area contributed by atoms with Gasteiger partial charge in [-0.2, -0.15) is 0 Å². The first-order valence-electron chi connectivity index (χ1n) is 9.03. The maximum absolute atomic E-state index is 11.9. The lowest BCUT2D eigenvalue weighted by molar-refractivity contribution is 0.0542. The van der Waals surface area contributed by atoms with Crippen LogP contribution in [0, 0.1) is 5.92 Å². The Morgan fingerprint density at radius 3 is 2.11 bits per heavy atom. The maximum Gasteiger partial charge on any atom is 0.175 e. The van der Waals surface area contributed by atoms with Gasteiger partial charge in [-0.05, 0) is 48.9 Å². The van der Waals surface area contributed by atoms with Crippen LogP contribution in [-0.4, -0.2) is 38.8 Å². The fourth-order valence-electron chi connectivity index (χ4n) is 4.23. The summed E-state index contributed by atoms with van der Waals surface area (Å²) in [6.07, 6.45) is 2.86. The molecule has 1 aliphatic rings. The third-order valence-corrected chi connectivity index (χ3v) is 6.65. The fraction of sp³-hybridized carbons (Fsp3) is 0.381. The molecule has 2 aromatic carbocycles. The molecule has 0 aromatic heterocycles. The number of nitrogens with zero attached hydrogens (tertiary/aromatic N) is 1. The average molecular weight is 388 g/mol. The molecular weight excluding hydrogens is 362 g/mol. The van der Waals surface area contributed by atoms with Crippen molar-refractivity contribution in [3.63, 3.8) is 0 Å². The van der Waals surface area contributed by atoms with E-state index < -0.39 is 15.3 Å². The zero-order valence-electron chi connectivity index (χ0n) is 15.6. The van der Waals surface area contributed by atoms with E-state index in [1.807, 2.05) is 49.4 Å². The van der Waals surface area contributed by atoms with E-state index >= 15 is 0 Å². The number of sulfone groups is 1. The largest absolute Gasteiger partial charge is 0.411 e. The molecule has 1 heterocycles. The first kappa shape index (κ1) is 19.6. The van der Waals surface area contributed by atoms with E-state index in [1.54, 1.807) is 12.1 Å². The summed E-state index contributed by atoms with van der Waals surface area (Å²) < 4.78 is 29.3. The third kappa shape index (κ3) is 3.64. The summed E-state index contributed by atoms with van der Waals surface area (Å²) >= 11 is 0. The van der Waals surface area contributed by atoms with Crippen molar-refractivity contribution in [3.05, 3.63) is 65.7 Å². The molecule has 3 rings (SSSR count). The lowest BCUT2D eigenvalue weighted by atomic mass is 9.61. The molecule has 0 amide bonds. The van der Waals surface area contributed by atoms with Gasteiger partial charge in [-0.3, -0.25) is 0 Å². The van der Waals surface area contributed by atoms with Crippen LogP contribution in [0.3, 0.4) is 0 Å². The number of hydrogen-bond acceptors (Lipinski definition) is 5. The Kier molecular flexibility index (Phi) is 5.67. The van der Waals surface area contributed by atoms with Gasteiger partial charge in [-0.25, -0.2) is 8.42 Å². The van der Waals surface area contributed by atoms with Gasteiger partial charge in [-0.1, -0.05) is 47.6 Å². The summed E-state index contributed by atoms with van der Waals surface area (Å²) in [5, 5.41) is 13.4. The number of ether oxygens (including phenoxy) is 1. The highest BCUT2D eigenvalue weighted by Crippen LogP contribution is 2.45. The van der Waals surface area contributed by atoms with Gasteiger partial charge < -0.3 is 9.94 Å². The summed E-state index contributed by atoms with van der Waals surface area (Å²) in [6.45, 7) is 3.13. The van der Waals surface area contributed by atoms with Gasteiger partial charge in [-0.15, -0.1) is 0 Å². The Morgan fingerprint density at radius 2 is 1.59 bits per heavy atom. The van der Waals surface area contributed by atoms with Crippen molar-refractivity contribution in [2.45, 2.75) is 30.1 Å². The monoisotopic (exact) mass is 387 g/mol. The van der Waals surface area contributed by atoms with Gasteiger partial charge >= 0.3 is 0 Å². The molecule has 1 aliphatic heterocycles. The summed E-state index contributed by atoms with van der Waals surface area (Å²) in [5.41, 5.74) is 1.89. The van der Waals surface area contributed by atoms with Crippen LogP contribution in [0.15, 0.2) is 64.6 Å². The van der Waals surface area contributed by atoms with Gasteiger partial charge in [0.2, 0.25) is 0 Å². The molecule has 27 heavy (non-hydrogen) atoms. The second-order valence-electron chi connectivity index (χ2n) is 7.04. The Hall–Kier alpha value is -2.18. The average Bonchev–Trinajstić information content (AvgIpc) is 2.70. The number of benzene rings is 2. The molecule has 0 bridgehead atoms. The van der Waals surface area contributed by atoms with Crippen molar-refractivity contribution >= 4 is 15.5 Å². The van der Waals surface area contributed by atoms with E-state index in [1.165, 1.54) is 6.26 Å². The van der Waals surface area contributed by atoms with E-state index in [4.69, 9.17) is 4.74 Å². The summed E-state index contributed by atoms with van der Waals surface area (Å²) in [7, 11) is -3.28. The minimum atomic E-state index is -3.28. The van der Waals surface area contributed by atoms with E-state index in [2.05, 4.69) is 5.16 Å². The third-order valence-electron chi connectivity index (χ3n) is 5.52. The first-order valence-corrected chi connectivity index (χ1v) is 10.9. The van der Waals surface area contributed by atoms with Gasteiger partial charge in [0.15, 0.2) is 9.84 Å². The molecule has 2 aromatic rings. The summed E-state index contributed by atoms with van der Waals surface area (Å²) in [4.78, 5) is 0.277. The van der Waals surface area contributed by atoms with E-state index in [9.17, 15) is 13.6 Å². The van der Waals surface area contributed by atoms with Crippen LogP contribution < -0.4 is 0 Å².